The summed E-state index contributed by atoms with van der Waals surface area (Å²) in [5, 5.41) is 0. The van der Waals surface area contributed by atoms with E-state index in [1.807, 2.05) is 0 Å². The van der Waals surface area contributed by atoms with E-state index in [1.165, 1.54) is 6.07 Å². The van der Waals surface area contributed by atoms with Gasteiger partial charge in [0.05, 0.1) is 5.56 Å². The number of rotatable bonds is 4. The maximum atomic E-state index is 14.9. The summed E-state index contributed by atoms with van der Waals surface area (Å²) in [4.78, 5) is 0. The third-order valence-electron chi connectivity index (χ3n) is 5.77. The van der Waals surface area contributed by atoms with Gasteiger partial charge in [-0.1, -0.05) is 24.3 Å². The zero-order valence-corrected chi connectivity index (χ0v) is 19.4. The first kappa shape index (κ1) is 27.9. The zero-order valence-electron chi connectivity index (χ0n) is 19.4. The molecule has 11 heteroatoms. The molecule has 0 N–H and O–H groups in total. The van der Waals surface area contributed by atoms with Gasteiger partial charge in [-0.15, -0.1) is 0 Å². The van der Waals surface area contributed by atoms with Gasteiger partial charge in [0.2, 0.25) is 0 Å². The lowest BCUT2D eigenvalue weighted by Crippen LogP contribution is -2.11. The molecular formula is C28H13F11. The summed E-state index contributed by atoms with van der Waals surface area (Å²) >= 11 is 0. The highest BCUT2D eigenvalue weighted by Crippen LogP contribution is 2.39. The Morgan fingerprint density at radius 1 is 0.538 bits per heavy atom. The van der Waals surface area contributed by atoms with Crippen LogP contribution < -0.4 is 0 Å². The molecule has 0 heterocycles. The lowest BCUT2D eigenvalue weighted by atomic mass is 9.95. The van der Waals surface area contributed by atoms with Gasteiger partial charge in [-0.05, 0) is 60.0 Å². The Bertz CT molecular complexity index is 1580. The van der Waals surface area contributed by atoms with Gasteiger partial charge in [0.15, 0.2) is 5.83 Å². The van der Waals surface area contributed by atoms with Crippen molar-refractivity contribution in [3.8, 4) is 33.4 Å². The van der Waals surface area contributed by atoms with Crippen molar-refractivity contribution >= 4 is 5.83 Å². The number of hydrogen-bond donors (Lipinski definition) is 0. The molecule has 0 saturated heterocycles. The SMILES string of the molecule is CC(F)=C(F)c1ccc(-c2ccc(-c3cc(F)c(-c4cc(F)c(C(F)(F)F)c(F)c4)c(F)c3)c(F)c2)c(F)c1. The molecule has 0 radical (unpaired) electrons. The first-order chi connectivity index (χ1) is 18.2. The second-order valence-electron chi connectivity index (χ2n) is 8.36. The summed E-state index contributed by atoms with van der Waals surface area (Å²) in [7, 11) is 0. The van der Waals surface area contributed by atoms with Crippen molar-refractivity contribution in [3.05, 3.63) is 113 Å². The Morgan fingerprint density at radius 2 is 1.00 bits per heavy atom. The Morgan fingerprint density at radius 3 is 1.49 bits per heavy atom. The fourth-order valence-electron chi connectivity index (χ4n) is 3.99. The molecule has 0 amide bonds. The van der Waals surface area contributed by atoms with E-state index in [-0.39, 0.29) is 39.9 Å². The van der Waals surface area contributed by atoms with E-state index in [0.717, 1.165) is 31.2 Å². The number of alkyl halides is 3. The van der Waals surface area contributed by atoms with Crippen molar-refractivity contribution in [2.24, 2.45) is 0 Å². The molecular weight excluding hydrogens is 545 g/mol. The molecule has 0 aromatic heterocycles. The third-order valence-corrected chi connectivity index (χ3v) is 5.77. The van der Waals surface area contributed by atoms with Gasteiger partial charge in [-0.3, -0.25) is 0 Å². The summed E-state index contributed by atoms with van der Waals surface area (Å²) in [6, 6.07) is 7.37. The van der Waals surface area contributed by atoms with Crippen LogP contribution in [0.1, 0.15) is 18.1 Å². The van der Waals surface area contributed by atoms with E-state index < -0.39 is 69.4 Å². The van der Waals surface area contributed by atoms with Crippen molar-refractivity contribution in [2.45, 2.75) is 13.1 Å². The zero-order chi connectivity index (χ0) is 28.8. The van der Waals surface area contributed by atoms with Crippen LogP contribution in [-0.4, -0.2) is 0 Å². The van der Waals surface area contributed by atoms with Crippen molar-refractivity contribution in [3.63, 3.8) is 0 Å². The fourth-order valence-corrected chi connectivity index (χ4v) is 3.99. The monoisotopic (exact) mass is 558 g/mol. The van der Waals surface area contributed by atoms with Crippen LogP contribution in [0.4, 0.5) is 48.3 Å². The first-order valence-corrected chi connectivity index (χ1v) is 10.9. The molecule has 0 aliphatic carbocycles. The molecule has 4 aromatic carbocycles. The maximum Gasteiger partial charge on any atom is 0.422 e. The van der Waals surface area contributed by atoms with E-state index >= 15 is 0 Å². The van der Waals surface area contributed by atoms with Crippen LogP contribution in [0.15, 0.2) is 66.5 Å². The van der Waals surface area contributed by atoms with Crippen LogP contribution in [-0.2, 0) is 6.18 Å². The lowest BCUT2D eigenvalue weighted by Gasteiger charge is -2.13. The van der Waals surface area contributed by atoms with Gasteiger partial charge in [0, 0.05) is 16.7 Å². The van der Waals surface area contributed by atoms with E-state index in [1.54, 1.807) is 0 Å². The lowest BCUT2D eigenvalue weighted by molar-refractivity contribution is -0.142. The number of halogens is 11. The van der Waals surface area contributed by atoms with Gasteiger partial charge in [0.25, 0.3) is 0 Å². The minimum Gasteiger partial charge on any atom is -0.209 e. The Labute approximate surface area is 213 Å². The van der Waals surface area contributed by atoms with Crippen LogP contribution in [0.3, 0.4) is 0 Å². The van der Waals surface area contributed by atoms with Crippen LogP contribution in [0, 0.1) is 34.9 Å². The van der Waals surface area contributed by atoms with Crippen LogP contribution in [0.2, 0.25) is 0 Å². The summed E-state index contributed by atoms with van der Waals surface area (Å²) in [6.07, 6.45) is -5.39. The molecule has 39 heavy (non-hydrogen) atoms. The fraction of sp³-hybridized carbons (Fsp3) is 0.0714. The number of hydrogen-bond acceptors (Lipinski definition) is 0. The highest BCUT2D eigenvalue weighted by Gasteiger charge is 2.38. The standard InChI is InChI=1S/C28H13F11/c1-12(29)27(36)14-3-5-17(20(31)7-14)13-2-4-18(19(30)6-13)15-8-21(32)25(22(33)9-15)16-10-23(34)26(24(35)11-16)28(37,38)39/h2-11H,1H3. The molecule has 4 aromatic rings. The third kappa shape index (κ3) is 5.39. The Kier molecular flexibility index (Phi) is 7.29. The summed E-state index contributed by atoms with van der Waals surface area (Å²) < 4.78 is 152. The Hall–Kier alpha value is -4.15. The van der Waals surface area contributed by atoms with E-state index in [9.17, 15) is 48.3 Å². The second kappa shape index (κ2) is 10.2. The Balaban J connectivity index is 1.72. The molecule has 0 aliphatic heterocycles. The minimum absolute atomic E-state index is 0.0464. The molecule has 0 atom stereocenters. The quantitative estimate of drug-likeness (QED) is 0.219. The molecule has 0 saturated carbocycles. The average Bonchev–Trinajstić information content (AvgIpc) is 2.81. The van der Waals surface area contributed by atoms with Gasteiger partial charge >= 0.3 is 6.18 Å². The second-order valence-corrected chi connectivity index (χ2v) is 8.36. The van der Waals surface area contributed by atoms with E-state index in [2.05, 4.69) is 0 Å². The van der Waals surface area contributed by atoms with Crippen molar-refractivity contribution in [1.29, 1.82) is 0 Å². The number of allylic oxidation sites excluding steroid dienone is 1. The van der Waals surface area contributed by atoms with Crippen molar-refractivity contribution in [2.75, 3.05) is 0 Å². The van der Waals surface area contributed by atoms with Gasteiger partial charge in [-0.25, -0.2) is 35.1 Å². The largest absolute Gasteiger partial charge is 0.422 e. The van der Waals surface area contributed by atoms with E-state index in [0.29, 0.717) is 18.2 Å². The molecule has 0 unspecified atom stereocenters. The molecule has 4 rings (SSSR count). The highest BCUT2D eigenvalue weighted by atomic mass is 19.4. The normalized spacial score (nSPS) is 12.5. The van der Waals surface area contributed by atoms with Crippen LogP contribution in [0.25, 0.3) is 39.2 Å². The van der Waals surface area contributed by atoms with Crippen LogP contribution in [0.5, 0.6) is 0 Å². The molecule has 0 fully saturated rings. The smallest absolute Gasteiger partial charge is 0.209 e. The highest BCUT2D eigenvalue weighted by molar-refractivity contribution is 5.75. The average molecular weight is 558 g/mol. The summed E-state index contributed by atoms with van der Waals surface area (Å²) in [5.41, 5.74) is -5.50. The topological polar surface area (TPSA) is 0 Å². The molecule has 202 valence electrons. The maximum absolute atomic E-state index is 14.9. The van der Waals surface area contributed by atoms with Crippen molar-refractivity contribution in [1.82, 2.24) is 0 Å². The van der Waals surface area contributed by atoms with Crippen molar-refractivity contribution < 1.29 is 48.3 Å². The predicted octanol–water partition coefficient (Wildman–Crippen LogP) is 10.2. The predicted molar refractivity (Wildman–Crippen MR) is 122 cm³/mol. The minimum atomic E-state index is -5.39. The van der Waals surface area contributed by atoms with Gasteiger partial charge in [-0.2, -0.15) is 13.2 Å². The molecule has 0 spiro atoms. The molecule has 0 nitrogen and oxygen atoms in total. The number of benzene rings is 4. The summed E-state index contributed by atoms with van der Waals surface area (Å²) in [6.45, 7) is 0.841. The van der Waals surface area contributed by atoms with Gasteiger partial charge in [0.1, 0.15) is 46.3 Å². The molecule has 0 aliphatic rings. The van der Waals surface area contributed by atoms with Gasteiger partial charge < -0.3 is 0 Å². The van der Waals surface area contributed by atoms with Crippen LogP contribution >= 0.6 is 0 Å². The van der Waals surface area contributed by atoms with E-state index in [4.69, 9.17) is 0 Å². The first-order valence-electron chi connectivity index (χ1n) is 10.9. The molecule has 0 bridgehead atoms. The summed E-state index contributed by atoms with van der Waals surface area (Å²) in [5.74, 6) is -11.6.